The lowest BCUT2D eigenvalue weighted by Gasteiger charge is -2.09. The number of pyridine rings is 1. The molecule has 0 aliphatic heterocycles. The quantitative estimate of drug-likeness (QED) is 0.449. The molecule has 26 heavy (non-hydrogen) atoms. The number of rotatable bonds is 8. The van der Waals surface area contributed by atoms with Crippen LogP contribution in [0.2, 0.25) is 0 Å². The van der Waals surface area contributed by atoms with Crippen LogP contribution in [-0.4, -0.2) is 45.0 Å². The van der Waals surface area contributed by atoms with Crippen LogP contribution in [-0.2, 0) is 11.3 Å². The molecule has 0 radical (unpaired) electrons. The Morgan fingerprint density at radius 1 is 1.12 bits per heavy atom. The number of ether oxygens (including phenoxy) is 1. The maximum atomic E-state index is 12.4. The lowest BCUT2D eigenvalue weighted by molar-refractivity contribution is 0.102. The van der Waals surface area contributed by atoms with Gasteiger partial charge in [-0.25, -0.2) is 0 Å². The number of methoxy groups -OCH3 is 1. The lowest BCUT2D eigenvalue weighted by Crippen LogP contribution is -2.09. The average Bonchev–Trinajstić information content (AvgIpc) is 3.08. The molecule has 0 atom stereocenters. The maximum Gasteiger partial charge on any atom is 0.192 e. The highest BCUT2D eigenvalue weighted by molar-refractivity contribution is 7.99. The van der Waals surface area contributed by atoms with Gasteiger partial charge in [0.2, 0.25) is 0 Å². The van der Waals surface area contributed by atoms with Gasteiger partial charge < -0.3 is 4.74 Å². The molecule has 0 fully saturated rings. The minimum atomic E-state index is 0.0711. The number of carbonyl (C=O) groups is 1. The number of thioether (sulfide) groups is 1. The summed E-state index contributed by atoms with van der Waals surface area (Å²) in [6.07, 6.45) is 3.44. The average molecular weight is 368 g/mol. The molecule has 6 nitrogen and oxygen atoms in total. The highest BCUT2D eigenvalue weighted by Crippen LogP contribution is 2.24. The zero-order valence-corrected chi connectivity index (χ0v) is 15.6. The molecule has 0 unspecified atom stereocenters. The van der Waals surface area contributed by atoms with Crippen molar-refractivity contribution >= 4 is 17.5 Å². The molecule has 0 saturated carbocycles. The number of Topliss-reactive ketones (excluding diaryl/α,β-unsaturated/α-hetero) is 1. The van der Waals surface area contributed by atoms with Gasteiger partial charge in [-0.2, -0.15) is 0 Å². The first-order valence-electron chi connectivity index (χ1n) is 8.24. The number of nitrogens with zero attached hydrogens (tertiary/aromatic N) is 4. The highest BCUT2D eigenvalue weighted by atomic mass is 32.2. The number of benzene rings is 1. The summed E-state index contributed by atoms with van der Waals surface area (Å²) in [7, 11) is 1.66. The van der Waals surface area contributed by atoms with Gasteiger partial charge >= 0.3 is 0 Å². The summed E-state index contributed by atoms with van der Waals surface area (Å²) >= 11 is 1.39. The van der Waals surface area contributed by atoms with E-state index >= 15 is 0 Å². The van der Waals surface area contributed by atoms with Crippen molar-refractivity contribution in [2.75, 3.05) is 19.5 Å². The van der Waals surface area contributed by atoms with Crippen molar-refractivity contribution in [3.8, 4) is 11.4 Å². The molecule has 2 heterocycles. The molecule has 0 aliphatic rings. The van der Waals surface area contributed by atoms with Crippen LogP contribution in [0.1, 0.15) is 15.9 Å². The van der Waals surface area contributed by atoms with Gasteiger partial charge in [-0.1, -0.05) is 41.6 Å². The van der Waals surface area contributed by atoms with Gasteiger partial charge in [-0.05, 0) is 19.1 Å². The number of carbonyl (C=O) groups excluding carboxylic acids is 1. The summed E-state index contributed by atoms with van der Waals surface area (Å²) in [5, 5.41) is 9.28. The number of hydrogen-bond acceptors (Lipinski definition) is 6. The Morgan fingerprint density at radius 3 is 2.54 bits per heavy atom. The molecule has 0 spiro atoms. The molecule has 0 bridgehead atoms. The van der Waals surface area contributed by atoms with E-state index in [9.17, 15) is 4.79 Å². The zero-order valence-electron chi connectivity index (χ0n) is 14.8. The molecule has 0 N–H and O–H groups in total. The second-order valence-electron chi connectivity index (χ2n) is 5.76. The van der Waals surface area contributed by atoms with Gasteiger partial charge in [0.15, 0.2) is 16.8 Å². The van der Waals surface area contributed by atoms with Crippen LogP contribution in [0, 0.1) is 6.92 Å². The summed E-state index contributed by atoms with van der Waals surface area (Å²) in [6.45, 7) is 3.15. The van der Waals surface area contributed by atoms with Crippen molar-refractivity contribution in [2.45, 2.75) is 18.6 Å². The van der Waals surface area contributed by atoms with Crippen LogP contribution >= 0.6 is 11.8 Å². The Hall–Kier alpha value is -2.51. The SMILES string of the molecule is COCCn1c(SCC(=O)c2ccc(C)cc2)nnc1-c1ccncc1. The predicted molar refractivity (Wildman–Crippen MR) is 101 cm³/mol. The number of ketones is 1. The van der Waals surface area contributed by atoms with Gasteiger partial charge in [-0.15, -0.1) is 10.2 Å². The van der Waals surface area contributed by atoms with Gasteiger partial charge in [0.25, 0.3) is 0 Å². The third-order valence-electron chi connectivity index (χ3n) is 3.88. The van der Waals surface area contributed by atoms with E-state index in [1.807, 2.05) is 47.9 Å². The first-order valence-corrected chi connectivity index (χ1v) is 9.23. The van der Waals surface area contributed by atoms with Crippen LogP contribution in [0.3, 0.4) is 0 Å². The largest absolute Gasteiger partial charge is 0.383 e. The van der Waals surface area contributed by atoms with Crippen molar-refractivity contribution in [2.24, 2.45) is 0 Å². The third kappa shape index (κ3) is 4.36. The van der Waals surface area contributed by atoms with E-state index in [4.69, 9.17) is 4.74 Å². The Bertz CT molecular complexity index is 863. The second-order valence-corrected chi connectivity index (χ2v) is 6.71. The van der Waals surface area contributed by atoms with Gasteiger partial charge in [0, 0.05) is 30.6 Å². The third-order valence-corrected chi connectivity index (χ3v) is 4.85. The summed E-state index contributed by atoms with van der Waals surface area (Å²) in [4.78, 5) is 16.5. The minimum Gasteiger partial charge on any atom is -0.383 e. The van der Waals surface area contributed by atoms with E-state index in [2.05, 4.69) is 15.2 Å². The monoisotopic (exact) mass is 368 g/mol. The molecule has 3 rings (SSSR count). The molecule has 3 aromatic rings. The standard InChI is InChI=1S/C19H20N4O2S/c1-14-3-5-15(6-4-14)17(24)13-26-19-22-21-18(23(19)11-12-25-2)16-7-9-20-10-8-16/h3-10H,11-13H2,1-2H3. The first kappa shape index (κ1) is 18.3. The predicted octanol–water partition coefficient (Wildman–Crippen LogP) is 3.27. The van der Waals surface area contributed by atoms with Crippen LogP contribution < -0.4 is 0 Å². The van der Waals surface area contributed by atoms with Crippen LogP contribution in [0.15, 0.2) is 53.9 Å². The molecular weight excluding hydrogens is 348 g/mol. The molecule has 2 aromatic heterocycles. The molecule has 0 saturated heterocycles. The van der Waals surface area contributed by atoms with Gasteiger partial charge in [-0.3, -0.25) is 14.3 Å². The van der Waals surface area contributed by atoms with E-state index in [0.29, 0.717) is 29.6 Å². The Morgan fingerprint density at radius 2 is 1.85 bits per heavy atom. The topological polar surface area (TPSA) is 69.9 Å². The summed E-state index contributed by atoms with van der Waals surface area (Å²) < 4.78 is 7.18. The number of hydrogen-bond donors (Lipinski definition) is 0. The van der Waals surface area contributed by atoms with Gasteiger partial charge in [0.1, 0.15) is 0 Å². The van der Waals surface area contributed by atoms with Crippen LogP contribution in [0.4, 0.5) is 0 Å². The van der Waals surface area contributed by atoms with Crippen molar-refractivity contribution in [3.63, 3.8) is 0 Å². The fourth-order valence-electron chi connectivity index (χ4n) is 2.45. The Labute approximate surface area is 156 Å². The van der Waals surface area contributed by atoms with Crippen molar-refractivity contribution < 1.29 is 9.53 Å². The van der Waals surface area contributed by atoms with Crippen molar-refractivity contribution in [3.05, 3.63) is 59.9 Å². The van der Waals surface area contributed by atoms with Crippen LogP contribution in [0.25, 0.3) is 11.4 Å². The van der Waals surface area contributed by atoms with Crippen LogP contribution in [0.5, 0.6) is 0 Å². The fourth-order valence-corrected chi connectivity index (χ4v) is 3.31. The summed E-state index contributed by atoms with van der Waals surface area (Å²) in [5.41, 5.74) is 2.77. The zero-order chi connectivity index (χ0) is 18.4. The highest BCUT2D eigenvalue weighted by Gasteiger charge is 2.16. The molecule has 134 valence electrons. The smallest absolute Gasteiger partial charge is 0.192 e. The van der Waals surface area contributed by atoms with E-state index in [0.717, 1.165) is 17.0 Å². The maximum absolute atomic E-state index is 12.4. The first-order chi connectivity index (χ1) is 12.7. The Balaban J connectivity index is 1.77. The summed E-state index contributed by atoms with van der Waals surface area (Å²) in [6, 6.07) is 11.4. The molecule has 1 aromatic carbocycles. The van der Waals surface area contributed by atoms with Crippen molar-refractivity contribution in [1.82, 2.24) is 19.7 Å². The summed E-state index contributed by atoms with van der Waals surface area (Å²) in [5.74, 6) is 1.13. The van der Waals surface area contributed by atoms with Gasteiger partial charge in [0.05, 0.1) is 18.9 Å². The molecular formula is C19H20N4O2S. The van der Waals surface area contributed by atoms with E-state index < -0.39 is 0 Å². The molecule has 0 aliphatic carbocycles. The lowest BCUT2D eigenvalue weighted by atomic mass is 10.1. The van der Waals surface area contributed by atoms with E-state index in [1.54, 1.807) is 19.5 Å². The molecule has 0 amide bonds. The second kappa shape index (κ2) is 8.73. The minimum absolute atomic E-state index is 0.0711. The fraction of sp³-hybridized carbons (Fsp3) is 0.263. The van der Waals surface area contributed by atoms with Crippen molar-refractivity contribution in [1.29, 1.82) is 0 Å². The van der Waals surface area contributed by atoms with E-state index in [1.165, 1.54) is 11.8 Å². The van der Waals surface area contributed by atoms with E-state index in [-0.39, 0.29) is 5.78 Å². The normalized spacial score (nSPS) is 10.8. The number of aryl methyl sites for hydroxylation is 1. The molecule has 7 heteroatoms. The number of aromatic nitrogens is 4. The Kier molecular flexibility index (Phi) is 6.14.